The van der Waals surface area contributed by atoms with Gasteiger partial charge in [0.15, 0.2) is 35.2 Å². The number of carbonyl (C=O) groups is 1. The summed E-state index contributed by atoms with van der Waals surface area (Å²) in [6.45, 7) is 0.0291. The average molecular weight is 466 g/mol. The molecule has 2 aliphatic rings. The molecule has 0 amide bonds. The van der Waals surface area contributed by atoms with E-state index < -0.39 is 42.8 Å². The second-order valence-electron chi connectivity index (χ2n) is 7.47. The quantitative estimate of drug-likeness (QED) is 0.344. The minimum atomic E-state index is -1.87. The van der Waals surface area contributed by atoms with E-state index in [1.807, 2.05) is 0 Å². The van der Waals surface area contributed by atoms with Crippen molar-refractivity contribution in [1.82, 2.24) is 0 Å². The molecule has 1 saturated heterocycles. The van der Waals surface area contributed by atoms with Crippen LogP contribution in [0.1, 0.15) is 11.7 Å². The summed E-state index contributed by atoms with van der Waals surface area (Å²) in [5.74, 6) is -1.73. The first kappa shape index (κ1) is 22.7. The van der Waals surface area contributed by atoms with Crippen molar-refractivity contribution in [2.24, 2.45) is 0 Å². The summed E-state index contributed by atoms with van der Waals surface area (Å²) in [5, 5.41) is 59.3. The number of hydrogen-bond acceptors (Lipinski definition) is 11. The second-order valence-corrected chi connectivity index (χ2v) is 7.47. The Hall–Kier alpha value is -3.45. The van der Waals surface area contributed by atoms with Gasteiger partial charge in [-0.3, -0.25) is 0 Å². The maximum absolute atomic E-state index is 11.3. The van der Waals surface area contributed by atoms with E-state index in [1.165, 1.54) is 19.2 Å². The lowest BCUT2D eigenvalue weighted by molar-refractivity contribution is -0.271. The van der Waals surface area contributed by atoms with Crippen molar-refractivity contribution in [3.63, 3.8) is 0 Å². The van der Waals surface area contributed by atoms with Gasteiger partial charge in [-0.1, -0.05) is 6.07 Å². The topological polar surface area (TPSA) is 185 Å². The predicted octanol–water partition coefficient (Wildman–Crippen LogP) is -0.110. The van der Waals surface area contributed by atoms with Crippen molar-refractivity contribution in [2.75, 3.05) is 13.7 Å². The van der Waals surface area contributed by atoms with Crippen molar-refractivity contribution in [3.05, 3.63) is 35.9 Å². The molecule has 6 atom stereocenters. The lowest BCUT2D eigenvalue weighted by atomic mass is 9.99. The van der Waals surface area contributed by atoms with Crippen molar-refractivity contribution >= 4 is 5.97 Å². The van der Waals surface area contributed by atoms with E-state index in [9.17, 15) is 30.3 Å². The molecule has 0 bridgehead atoms. The lowest BCUT2D eigenvalue weighted by Gasteiger charge is -2.38. The van der Waals surface area contributed by atoms with Crippen LogP contribution in [0.5, 0.6) is 34.5 Å². The highest BCUT2D eigenvalue weighted by molar-refractivity contribution is 5.73. The number of benzene rings is 2. The second kappa shape index (κ2) is 8.83. The zero-order valence-corrected chi connectivity index (χ0v) is 17.2. The van der Waals surface area contributed by atoms with Gasteiger partial charge >= 0.3 is 5.97 Å². The van der Waals surface area contributed by atoms with Gasteiger partial charge in [-0.25, -0.2) is 4.79 Å². The summed E-state index contributed by atoms with van der Waals surface area (Å²) in [6, 6.07) is 7.12. The number of fused-ring (bicyclic) bond motifs is 1. The van der Waals surface area contributed by atoms with Crippen LogP contribution in [0.2, 0.25) is 0 Å². The third-order valence-corrected chi connectivity index (χ3v) is 5.30. The minimum Gasteiger partial charge on any atom is -0.504 e. The molecule has 0 radical (unpaired) electrons. The van der Waals surface area contributed by atoms with E-state index in [0.29, 0.717) is 5.56 Å². The van der Waals surface area contributed by atoms with E-state index in [1.54, 1.807) is 12.1 Å². The summed E-state index contributed by atoms with van der Waals surface area (Å²) in [7, 11) is 1.42. The minimum absolute atomic E-state index is 0.0281. The Kier molecular flexibility index (Phi) is 6.08. The number of carboxylic acids is 1. The summed E-state index contributed by atoms with van der Waals surface area (Å²) in [5.41, 5.74) is 0.567. The van der Waals surface area contributed by atoms with Gasteiger partial charge in [-0.15, -0.1) is 0 Å². The smallest absolute Gasteiger partial charge is 0.335 e. The van der Waals surface area contributed by atoms with Crippen LogP contribution in [-0.2, 0) is 9.53 Å². The molecule has 4 rings (SSSR count). The monoisotopic (exact) mass is 466 g/mol. The summed E-state index contributed by atoms with van der Waals surface area (Å²) in [4.78, 5) is 11.3. The van der Waals surface area contributed by atoms with Crippen molar-refractivity contribution in [2.45, 2.75) is 36.8 Å². The lowest BCUT2D eigenvalue weighted by Crippen LogP contribution is -2.61. The Bertz CT molecular complexity index is 1040. The van der Waals surface area contributed by atoms with Crippen LogP contribution in [0.4, 0.5) is 0 Å². The first-order valence-corrected chi connectivity index (χ1v) is 9.82. The molecule has 0 spiro atoms. The van der Waals surface area contributed by atoms with Crippen LogP contribution in [-0.4, -0.2) is 81.0 Å². The molecule has 12 heteroatoms. The van der Waals surface area contributed by atoms with Crippen LogP contribution in [0.25, 0.3) is 0 Å². The summed E-state index contributed by atoms with van der Waals surface area (Å²) < 4.78 is 27.0. The van der Waals surface area contributed by atoms with Gasteiger partial charge in [-0.2, -0.15) is 0 Å². The Balaban J connectivity index is 1.56. The highest BCUT2D eigenvalue weighted by Crippen LogP contribution is 2.46. The Morgan fingerprint density at radius 2 is 1.79 bits per heavy atom. The van der Waals surface area contributed by atoms with Crippen molar-refractivity contribution < 1.29 is 59.1 Å². The fourth-order valence-electron chi connectivity index (χ4n) is 3.56. The van der Waals surface area contributed by atoms with Crippen LogP contribution >= 0.6 is 0 Å². The van der Waals surface area contributed by atoms with E-state index in [2.05, 4.69) is 0 Å². The van der Waals surface area contributed by atoms with Gasteiger partial charge in [-0.05, 0) is 17.7 Å². The molecule has 178 valence electrons. The standard InChI is InChI=1S/C21H22O12/c1-29-12-3-2-8(4-10(12)22)14-7-30-18-11(23)5-9(6-13(18)32-14)31-21-17(26)15(24)16(25)19(33-21)20(27)28/h2-6,14-17,19,21-26H,7H2,1H3,(H,27,28). The molecule has 6 unspecified atom stereocenters. The van der Waals surface area contributed by atoms with Gasteiger partial charge in [0.05, 0.1) is 7.11 Å². The van der Waals surface area contributed by atoms with Crippen molar-refractivity contribution in [1.29, 1.82) is 0 Å². The molecule has 6 N–H and O–H groups in total. The van der Waals surface area contributed by atoms with E-state index in [0.717, 1.165) is 6.07 Å². The van der Waals surface area contributed by atoms with Gasteiger partial charge in [0.2, 0.25) is 12.0 Å². The molecule has 2 heterocycles. The fraction of sp³-hybridized carbons (Fsp3) is 0.381. The summed E-state index contributed by atoms with van der Waals surface area (Å²) in [6.07, 6.45) is -9.66. The molecule has 0 saturated carbocycles. The largest absolute Gasteiger partial charge is 0.504 e. The zero-order valence-electron chi connectivity index (χ0n) is 17.2. The predicted molar refractivity (Wildman–Crippen MR) is 107 cm³/mol. The fourth-order valence-corrected chi connectivity index (χ4v) is 3.56. The molecule has 2 aromatic rings. The highest BCUT2D eigenvalue weighted by atomic mass is 16.7. The third kappa shape index (κ3) is 4.28. The van der Waals surface area contributed by atoms with Crippen molar-refractivity contribution in [3.8, 4) is 34.5 Å². The Morgan fingerprint density at radius 3 is 2.45 bits per heavy atom. The van der Waals surface area contributed by atoms with Gasteiger partial charge < -0.3 is 54.3 Å². The van der Waals surface area contributed by atoms with E-state index in [4.69, 9.17) is 28.8 Å². The Labute approximate surface area is 186 Å². The molecule has 33 heavy (non-hydrogen) atoms. The molecule has 2 aromatic carbocycles. The first-order chi connectivity index (χ1) is 15.7. The zero-order chi connectivity index (χ0) is 23.9. The van der Waals surface area contributed by atoms with Crippen LogP contribution in [0.3, 0.4) is 0 Å². The number of aromatic hydroxyl groups is 2. The number of rotatable bonds is 5. The number of aliphatic hydroxyl groups is 3. The number of phenolic OH excluding ortho intramolecular Hbond substituents is 2. The molecular formula is C21H22O12. The van der Waals surface area contributed by atoms with Crippen LogP contribution in [0, 0.1) is 0 Å². The summed E-state index contributed by atoms with van der Waals surface area (Å²) >= 11 is 0. The first-order valence-electron chi connectivity index (χ1n) is 9.82. The maximum Gasteiger partial charge on any atom is 0.335 e. The van der Waals surface area contributed by atoms with Gasteiger partial charge in [0.25, 0.3) is 0 Å². The third-order valence-electron chi connectivity index (χ3n) is 5.30. The van der Waals surface area contributed by atoms with Gasteiger partial charge in [0.1, 0.15) is 30.7 Å². The SMILES string of the molecule is COc1ccc(C2COc3c(O)cc(OC4OC(C(=O)O)C(O)C(O)C4O)cc3O2)cc1O. The normalized spacial score (nSPS) is 28.7. The molecule has 0 aliphatic carbocycles. The van der Waals surface area contributed by atoms with Crippen LogP contribution < -0.4 is 18.9 Å². The molecule has 2 aliphatic heterocycles. The number of carboxylic acid groups (broad SMARTS) is 1. The average Bonchev–Trinajstić information content (AvgIpc) is 2.78. The van der Waals surface area contributed by atoms with E-state index >= 15 is 0 Å². The number of phenols is 2. The molecule has 1 fully saturated rings. The number of ether oxygens (including phenoxy) is 5. The number of aliphatic hydroxyl groups excluding tert-OH is 3. The molecular weight excluding hydrogens is 444 g/mol. The van der Waals surface area contributed by atoms with E-state index in [-0.39, 0.29) is 41.1 Å². The number of aliphatic carboxylic acids is 1. The Morgan fingerprint density at radius 1 is 1.03 bits per heavy atom. The maximum atomic E-state index is 11.3. The highest BCUT2D eigenvalue weighted by Gasteiger charge is 2.48. The number of methoxy groups -OCH3 is 1. The number of hydrogen-bond donors (Lipinski definition) is 6. The van der Waals surface area contributed by atoms with Crippen LogP contribution in [0.15, 0.2) is 30.3 Å². The molecule has 0 aromatic heterocycles. The molecule has 12 nitrogen and oxygen atoms in total. The van der Waals surface area contributed by atoms with Gasteiger partial charge in [0, 0.05) is 12.1 Å².